The van der Waals surface area contributed by atoms with Crippen molar-refractivity contribution in [3.05, 3.63) is 0 Å². The van der Waals surface area contributed by atoms with E-state index in [1.54, 1.807) is 0 Å². The topological polar surface area (TPSA) is 0 Å². The quantitative estimate of drug-likeness (QED) is 0.141. The van der Waals surface area contributed by atoms with E-state index >= 15 is 0 Å². The van der Waals surface area contributed by atoms with E-state index in [1.807, 2.05) is 0 Å². The number of alkyl halides is 17. The van der Waals surface area contributed by atoms with Gasteiger partial charge in [0.05, 0.1) is 0 Å². The van der Waals surface area contributed by atoms with E-state index in [0.717, 1.165) is 0 Å². The monoisotopic (exact) mass is 694 g/mol. The molecule has 0 atom stereocenters. The summed E-state index contributed by atoms with van der Waals surface area (Å²) in [7, 11) is 0. The Morgan fingerprint density at radius 2 is 0.724 bits per heavy atom. The van der Waals surface area contributed by atoms with Gasteiger partial charge in [-0.05, 0) is 0 Å². The second-order valence-electron chi connectivity index (χ2n) is 5.28. The molecule has 0 aromatic carbocycles. The molecule has 0 unspecified atom stereocenters. The van der Waals surface area contributed by atoms with Crippen LogP contribution in [0.1, 0.15) is 6.42 Å². The Hall–Kier alpha value is 0.339. The molecule has 19 heteroatoms. The predicted molar refractivity (Wildman–Crippen MR) is 69.9 cm³/mol. The van der Waals surface area contributed by atoms with E-state index < -0.39 is 75.7 Å². The minimum absolute atomic E-state index is 0.938. The fourth-order valence-corrected chi connectivity index (χ4v) is 4.53. The summed E-state index contributed by atoms with van der Waals surface area (Å²) in [5, 5.41) is 0. The van der Waals surface area contributed by atoms with Gasteiger partial charge in [-0.2, -0.15) is 0 Å². The average Bonchev–Trinajstić information content (AvgIpc) is 2.50. The molecule has 0 rings (SSSR count). The molecule has 0 aliphatic heterocycles. The molecule has 0 spiro atoms. The van der Waals surface area contributed by atoms with Crippen molar-refractivity contribution in [1.82, 2.24) is 0 Å². The van der Waals surface area contributed by atoms with Gasteiger partial charge in [0.25, 0.3) is 0 Å². The standard InChI is InChI=1S/C10H4F17.HI.Sn/c1-2-3(11,12)4(13,14)5(15,16)6(17,18)7(19,20)8(21,22)9(23,24)10(25,26)27;;/h1-2H2;1H;/q;;+3/p-1. The van der Waals surface area contributed by atoms with Crippen LogP contribution in [0.3, 0.4) is 0 Å². The van der Waals surface area contributed by atoms with Crippen LogP contribution in [0.2, 0.25) is 4.44 Å². The Morgan fingerprint density at radius 3 is 1.00 bits per heavy atom. The summed E-state index contributed by atoms with van der Waals surface area (Å²) in [6, 6.07) is 0. The van der Waals surface area contributed by atoms with E-state index in [9.17, 15) is 74.6 Å². The van der Waals surface area contributed by atoms with Gasteiger partial charge in [0, 0.05) is 0 Å². The Balaban J connectivity index is 6.57. The van der Waals surface area contributed by atoms with E-state index in [4.69, 9.17) is 0 Å². The average molecular weight is 693 g/mol. The maximum absolute atomic E-state index is 13.3. The Morgan fingerprint density at radius 1 is 0.448 bits per heavy atom. The number of halogens is 18. The fourth-order valence-electron chi connectivity index (χ4n) is 1.56. The second kappa shape index (κ2) is 8.04. The third-order valence-electron chi connectivity index (χ3n) is 3.32. The molecule has 0 aliphatic carbocycles. The van der Waals surface area contributed by atoms with Crippen molar-refractivity contribution < 1.29 is 74.6 Å². The molecule has 0 aromatic rings. The van der Waals surface area contributed by atoms with Gasteiger partial charge in [0.1, 0.15) is 0 Å². The molecule has 0 amide bonds. The summed E-state index contributed by atoms with van der Waals surface area (Å²) < 4.78 is 218. The van der Waals surface area contributed by atoms with Crippen LogP contribution in [0.25, 0.3) is 0 Å². The predicted octanol–water partition coefficient (Wildman–Crippen LogP) is 6.86. The van der Waals surface area contributed by atoms with Crippen LogP contribution in [0, 0.1) is 0 Å². The Kier molecular flexibility index (Phi) is 8.13. The summed E-state index contributed by atoms with van der Waals surface area (Å²) >= 11 is -0.536. The molecule has 0 radical (unpaired) electrons. The molecule has 0 aliphatic rings. The molecule has 0 fully saturated rings. The number of hydrogen-bond acceptors (Lipinski definition) is 0. The Bertz CT molecular complexity index is 579. The van der Waals surface area contributed by atoms with Crippen molar-refractivity contribution in [3.8, 4) is 0 Å². The van der Waals surface area contributed by atoms with Crippen molar-refractivity contribution in [3.63, 3.8) is 0 Å². The zero-order valence-corrected chi connectivity index (χ0v) is 17.7. The minimum atomic E-state index is -8.55. The first-order chi connectivity index (χ1) is 12.3. The van der Waals surface area contributed by atoms with Crippen molar-refractivity contribution in [1.29, 1.82) is 0 Å². The first-order valence-corrected chi connectivity index (χ1v) is 16.7. The summed E-state index contributed by atoms with van der Waals surface area (Å²) in [5.41, 5.74) is 0. The summed E-state index contributed by atoms with van der Waals surface area (Å²) in [6.07, 6.45) is -10.0. The van der Waals surface area contributed by atoms with Gasteiger partial charge >= 0.3 is 169 Å². The van der Waals surface area contributed by atoms with Gasteiger partial charge in [-0.3, -0.25) is 0 Å². The van der Waals surface area contributed by atoms with Gasteiger partial charge in [-0.1, -0.05) is 0 Å². The van der Waals surface area contributed by atoms with E-state index in [1.165, 1.54) is 18.6 Å². The normalized spacial score (nSPS) is 16.1. The zero-order chi connectivity index (χ0) is 24.1. The fraction of sp³-hybridized carbons (Fsp3) is 1.00. The molecule has 0 heterocycles. The SMILES string of the molecule is FC(F)(F)C(F)(F)C(F)(F)C(F)(F)C(F)(F)C(F)(F)C(F)(F)C(F)(F)C[CH2][Sn+2][I]. The third-order valence-corrected chi connectivity index (χ3v) is 8.19. The van der Waals surface area contributed by atoms with Crippen LogP contribution in [0.15, 0.2) is 0 Å². The molecule has 0 saturated heterocycles. The molecule has 0 bridgehead atoms. The Labute approximate surface area is 168 Å². The zero-order valence-electron chi connectivity index (χ0n) is 12.7. The molecular formula is C10H4F17ISn+2. The molecule has 0 saturated carbocycles. The van der Waals surface area contributed by atoms with Crippen molar-refractivity contribution in [2.45, 2.75) is 58.5 Å². The van der Waals surface area contributed by atoms with Crippen LogP contribution < -0.4 is 0 Å². The number of rotatable bonds is 9. The molecule has 0 nitrogen and oxygen atoms in total. The summed E-state index contributed by atoms with van der Waals surface area (Å²) in [5.74, 6) is -55.5. The van der Waals surface area contributed by atoms with Crippen LogP contribution in [-0.2, 0) is 0 Å². The van der Waals surface area contributed by atoms with Crippen LogP contribution in [0.4, 0.5) is 74.6 Å². The molecule has 172 valence electrons. The second-order valence-corrected chi connectivity index (χ2v) is 12.6. The van der Waals surface area contributed by atoms with Gasteiger partial charge in [0.2, 0.25) is 0 Å². The molecule has 0 aromatic heterocycles. The van der Waals surface area contributed by atoms with Crippen molar-refractivity contribution >= 4 is 35.8 Å². The maximum atomic E-state index is 13.3. The molecular weight excluding hydrogens is 689 g/mol. The van der Waals surface area contributed by atoms with Gasteiger partial charge < -0.3 is 0 Å². The molecule has 0 N–H and O–H groups in total. The first kappa shape index (κ1) is 29.3. The van der Waals surface area contributed by atoms with Crippen LogP contribution in [0.5, 0.6) is 0 Å². The van der Waals surface area contributed by atoms with E-state index in [-0.39, 0.29) is 0 Å². The van der Waals surface area contributed by atoms with E-state index in [0.29, 0.717) is 0 Å². The van der Waals surface area contributed by atoms with Crippen molar-refractivity contribution in [2.24, 2.45) is 0 Å². The third kappa shape index (κ3) is 4.21. The van der Waals surface area contributed by atoms with Crippen LogP contribution in [-0.4, -0.2) is 64.8 Å². The van der Waals surface area contributed by atoms with Gasteiger partial charge in [-0.15, -0.1) is 0 Å². The first-order valence-electron chi connectivity index (χ1n) is 6.36. The van der Waals surface area contributed by atoms with E-state index in [2.05, 4.69) is 0 Å². The summed E-state index contributed by atoms with van der Waals surface area (Å²) in [6.45, 7) is 0. The number of hydrogen-bond donors (Lipinski definition) is 0. The molecule has 29 heavy (non-hydrogen) atoms. The summed E-state index contributed by atoms with van der Waals surface area (Å²) in [4.78, 5) is 0. The van der Waals surface area contributed by atoms with Gasteiger partial charge in [-0.25, -0.2) is 0 Å². The van der Waals surface area contributed by atoms with Crippen LogP contribution >= 0.6 is 18.6 Å². The van der Waals surface area contributed by atoms with Crippen molar-refractivity contribution in [2.75, 3.05) is 0 Å². The van der Waals surface area contributed by atoms with Gasteiger partial charge in [0.15, 0.2) is 0 Å².